The minimum absolute atomic E-state index is 0.0302. The molecule has 1 aliphatic rings. The Labute approximate surface area is 181 Å². The topological polar surface area (TPSA) is 74.3 Å². The number of thiophene rings is 1. The van der Waals surface area contributed by atoms with Gasteiger partial charge in [0.05, 0.1) is 41.6 Å². The van der Waals surface area contributed by atoms with E-state index in [2.05, 4.69) is 15.9 Å². The first-order valence-electron chi connectivity index (χ1n) is 8.99. The summed E-state index contributed by atoms with van der Waals surface area (Å²) in [6.45, 7) is 2.97. The fourth-order valence-electron chi connectivity index (χ4n) is 3.09. The molecule has 1 aliphatic heterocycles. The van der Waals surface area contributed by atoms with Gasteiger partial charge in [-0.05, 0) is 47.1 Å². The van der Waals surface area contributed by atoms with Gasteiger partial charge in [-0.2, -0.15) is 0 Å². The zero-order valence-corrected chi connectivity index (χ0v) is 18.8. The summed E-state index contributed by atoms with van der Waals surface area (Å²) in [6, 6.07) is 6.97. The van der Waals surface area contributed by atoms with E-state index in [1.165, 1.54) is 32.5 Å². The highest BCUT2D eigenvalue weighted by molar-refractivity contribution is 9.11. The summed E-state index contributed by atoms with van der Waals surface area (Å²) in [5, 5.41) is 0. The Bertz CT molecular complexity index is 899. The van der Waals surface area contributed by atoms with Crippen LogP contribution >= 0.6 is 27.3 Å². The van der Waals surface area contributed by atoms with Crippen molar-refractivity contribution in [2.45, 2.75) is 13.0 Å². The maximum atomic E-state index is 12.7. The van der Waals surface area contributed by atoms with Crippen molar-refractivity contribution in [2.75, 3.05) is 40.5 Å². The summed E-state index contributed by atoms with van der Waals surface area (Å²) < 4.78 is 23.3. The van der Waals surface area contributed by atoms with Crippen molar-refractivity contribution in [3.05, 3.63) is 38.5 Å². The number of amides is 1. The van der Waals surface area contributed by atoms with E-state index >= 15 is 0 Å². The SMILES string of the molecule is COc1ccc(C(C)=O)c(OCC2CN(C(=O)c3ccc(Br)s3)CCO2)c1OC. The highest BCUT2D eigenvalue weighted by Gasteiger charge is 2.28. The van der Waals surface area contributed by atoms with Gasteiger partial charge in [0.25, 0.3) is 5.91 Å². The van der Waals surface area contributed by atoms with E-state index in [1.807, 2.05) is 6.07 Å². The van der Waals surface area contributed by atoms with E-state index in [4.69, 9.17) is 18.9 Å². The molecule has 1 aromatic carbocycles. The minimum atomic E-state index is -0.327. The molecule has 156 valence electrons. The molecule has 0 N–H and O–H groups in total. The molecule has 3 rings (SSSR count). The summed E-state index contributed by atoms with van der Waals surface area (Å²) >= 11 is 4.78. The zero-order chi connectivity index (χ0) is 21.0. The summed E-state index contributed by atoms with van der Waals surface area (Å²) in [4.78, 5) is 27.1. The van der Waals surface area contributed by atoms with Crippen molar-refractivity contribution in [3.8, 4) is 17.2 Å². The lowest BCUT2D eigenvalue weighted by atomic mass is 10.1. The molecular formula is C20H22BrNO6S. The molecule has 2 aromatic rings. The second kappa shape index (κ2) is 9.60. The Balaban J connectivity index is 1.72. The predicted octanol–water partition coefficient (Wildman–Crippen LogP) is 3.65. The Hall–Kier alpha value is -2.10. The number of rotatable bonds is 7. The number of morpholine rings is 1. The zero-order valence-electron chi connectivity index (χ0n) is 16.4. The molecule has 1 unspecified atom stereocenters. The average Bonchev–Trinajstić information content (AvgIpc) is 3.17. The molecule has 29 heavy (non-hydrogen) atoms. The third-order valence-corrected chi connectivity index (χ3v) is 6.11. The number of methoxy groups -OCH3 is 2. The lowest BCUT2D eigenvalue weighted by Gasteiger charge is -2.32. The van der Waals surface area contributed by atoms with Crippen molar-refractivity contribution >= 4 is 39.0 Å². The molecule has 1 aromatic heterocycles. The molecule has 1 amide bonds. The molecule has 1 fully saturated rings. The monoisotopic (exact) mass is 483 g/mol. The second-order valence-corrected chi connectivity index (χ2v) is 8.86. The van der Waals surface area contributed by atoms with Crippen LogP contribution in [0.1, 0.15) is 27.0 Å². The summed E-state index contributed by atoms with van der Waals surface area (Å²) in [6.07, 6.45) is -0.327. The van der Waals surface area contributed by atoms with Crippen LogP contribution in [0.5, 0.6) is 17.2 Å². The lowest BCUT2D eigenvalue weighted by Crippen LogP contribution is -2.47. The number of benzene rings is 1. The number of carbonyl (C=O) groups is 2. The highest BCUT2D eigenvalue weighted by atomic mass is 79.9. The average molecular weight is 484 g/mol. The van der Waals surface area contributed by atoms with Gasteiger partial charge in [-0.15, -0.1) is 11.3 Å². The fourth-order valence-corrected chi connectivity index (χ4v) is 4.44. The van der Waals surface area contributed by atoms with E-state index in [-0.39, 0.29) is 24.4 Å². The van der Waals surface area contributed by atoms with Crippen LogP contribution in [0.2, 0.25) is 0 Å². The summed E-state index contributed by atoms with van der Waals surface area (Å²) in [7, 11) is 3.01. The molecule has 0 radical (unpaired) electrons. The van der Waals surface area contributed by atoms with Crippen LogP contribution in [0.15, 0.2) is 28.1 Å². The van der Waals surface area contributed by atoms with Gasteiger partial charge in [-0.1, -0.05) is 0 Å². The number of halogens is 1. The van der Waals surface area contributed by atoms with Crippen LogP contribution in [-0.4, -0.2) is 63.2 Å². The Kier molecular flexibility index (Phi) is 7.15. The highest BCUT2D eigenvalue weighted by Crippen LogP contribution is 2.40. The van der Waals surface area contributed by atoms with E-state index in [0.717, 1.165) is 3.79 Å². The number of ketones is 1. The third-order valence-electron chi connectivity index (χ3n) is 4.50. The first-order chi connectivity index (χ1) is 13.9. The number of ether oxygens (including phenoxy) is 4. The van der Waals surface area contributed by atoms with Crippen LogP contribution in [0, 0.1) is 0 Å². The third kappa shape index (κ3) is 4.91. The minimum Gasteiger partial charge on any atom is -0.493 e. The van der Waals surface area contributed by atoms with Crippen molar-refractivity contribution < 1.29 is 28.5 Å². The maximum Gasteiger partial charge on any atom is 0.264 e. The molecule has 1 saturated heterocycles. The van der Waals surface area contributed by atoms with Crippen molar-refractivity contribution in [1.29, 1.82) is 0 Å². The first kappa shape index (κ1) is 21.6. The van der Waals surface area contributed by atoms with Gasteiger partial charge < -0.3 is 23.8 Å². The van der Waals surface area contributed by atoms with E-state index < -0.39 is 0 Å². The van der Waals surface area contributed by atoms with Gasteiger partial charge in [0.1, 0.15) is 12.7 Å². The molecule has 7 nitrogen and oxygen atoms in total. The van der Waals surface area contributed by atoms with Crippen LogP contribution in [-0.2, 0) is 4.74 Å². The quantitative estimate of drug-likeness (QED) is 0.559. The Morgan fingerprint density at radius 1 is 1.21 bits per heavy atom. The van der Waals surface area contributed by atoms with Gasteiger partial charge in [0.15, 0.2) is 17.3 Å². The number of carbonyl (C=O) groups excluding carboxylic acids is 2. The maximum absolute atomic E-state index is 12.7. The predicted molar refractivity (Wildman–Crippen MR) is 113 cm³/mol. The summed E-state index contributed by atoms with van der Waals surface area (Å²) in [5.41, 5.74) is 0.398. The number of hydrogen-bond acceptors (Lipinski definition) is 7. The molecule has 0 aliphatic carbocycles. The molecule has 0 saturated carbocycles. The number of Topliss-reactive ketones (excluding diaryl/α,β-unsaturated/α-hetero) is 1. The van der Waals surface area contributed by atoms with Gasteiger partial charge in [0.2, 0.25) is 5.75 Å². The van der Waals surface area contributed by atoms with Crippen LogP contribution in [0.3, 0.4) is 0 Å². The van der Waals surface area contributed by atoms with Gasteiger partial charge in [0, 0.05) is 6.54 Å². The van der Waals surface area contributed by atoms with Crippen LogP contribution < -0.4 is 14.2 Å². The van der Waals surface area contributed by atoms with E-state index in [9.17, 15) is 9.59 Å². The standard InChI is InChI=1S/C20H22BrNO6S/c1-12(23)14-4-5-15(25-2)19(26-3)18(14)28-11-13-10-22(8-9-27-13)20(24)16-6-7-17(21)29-16/h4-7,13H,8-11H2,1-3H3. The summed E-state index contributed by atoms with van der Waals surface area (Å²) in [5.74, 6) is 0.959. The van der Waals surface area contributed by atoms with E-state index in [0.29, 0.717) is 47.4 Å². The molecule has 9 heteroatoms. The van der Waals surface area contributed by atoms with Crippen molar-refractivity contribution in [1.82, 2.24) is 4.90 Å². The Morgan fingerprint density at radius 2 is 2.00 bits per heavy atom. The molecular weight excluding hydrogens is 462 g/mol. The molecule has 0 spiro atoms. The fraction of sp³-hybridized carbons (Fsp3) is 0.400. The molecule has 2 heterocycles. The van der Waals surface area contributed by atoms with Crippen molar-refractivity contribution in [2.24, 2.45) is 0 Å². The number of nitrogens with zero attached hydrogens (tertiary/aromatic N) is 1. The largest absolute Gasteiger partial charge is 0.493 e. The van der Waals surface area contributed by atoms with Crippen LogP contribution in [0.25, 0.3) is 0 Å². The van der Waals surface area contributed by atoms with E-state index in [1.54, 1.807) is 23.1 Å². The van der Waals surface area contributed by atoms with Gasteiger partial charge in [-0.3, -0.25) is 9.59 Å². The van der Waals surface area contributed by atoms with Crippen LogP contribution in [0.4, 0.5) is 0 Å². The normalized spacial score (nSPS) is 16.4. The lowest BCUT2D eigenvalue weighted by molar-refractivity contribution is -0.0403. The van der Waals surface area contributed by atoms with Gasteiger partial charge in [-0.25, -0.2) is 0 Å². The van der Waals surface area contributed by atoms with Crippen molar-refractivity contribution in [3.63, 3.8) is 0 Å². The molecule has 1 atom stereocenters. The van der Waals surface area contributed by atoms with Gasteiger partial charge >= 0.3 is 0 Å². The Morgan fingerprint density at radius 3 is 2.62 bits per heavy atom. The number of hydrogen-bond donors (Lipinski definition) is 0. The second-order valence-electron chi connectivity index (χ2n) is 6.39. The smallest absolute Gasteiger partial charge is 0.264 e. The first-order valence-corrected chi connectivity index (χ1v) is 10.6. The molecule has 0 bridgehead atoms.